The highest BCUT2D eigenvalue weighted by atomic mass is 19.2. The lowest BCUT2D eigenvalue weighted by atomic mass is 10.2. The first-order valence-corrected chi connectivity index (χ1v) is 7.57. The number of amides is 1. The minimum Gasteiger partial charge on any atom is -0.383 e. The number of carbonyl (C=O) groups excluding carboxylic acids is 1. The van der Waals surface area contributed by atoms with Crippen LogP contribution in [0.15, 0.2) is 48.7 Å². The third-order valence-electron chi connectivity index (χ3n) is 3.61. The molecule has 3 aromatic rings. The number of pyridine rings is 1. The van der Waals surface area contributed by atoms with E-state index in [0.29, 0.717) is 0 Å². The van der Waals surface area contributed by atoms with Gasteiger partial charge in [-0.05, 0) is 24.3 Å². The summed E-state index contributed by atoms with van der Waals surface area (Å²) in [6.07, 6.45) is 1.69. The summed E-state index contributed by atoms with van der Waals surface area (Å²) in [6, 6.07) is 11.1. The molecule has 0 aliphatic carbocycles. The second-order valence-corrected chi connectivity index (χ2v) is 5.33. The number of benzene rings is 2. The van der Waals surface area contributed by atoms with Gasteiger partial charge in [-0.2, -0.15) is 0 Å². The minimum atomic E-state index is -1.61. The van der Waals surface area contributed by atoms with E-state index in [9.17, 15) is 18.0 Å². The first-order valence-electron chi connectivity index (χ1n) is 7.57. The van der Waals surface area contributed by atoms with E-state index in [1.165, 1.54) is 0 Å². The Labute approximate surface area is 141 Å². The van der Waals surface area contributed by atoms with Crippen LogP contribution in [0.2, 0.25) is 0 Å². The number of nitrogens with zero attached hydrogens (tertiary/aromatic N) is 1. The second kappa shape index (κ2) is 7.21. The van der Waals surface area contributed by atoms with Crippen LogP contribution in [0.5, 0.6) is 0 Å². The van der Waals surface area contributed by atoms with Crippen LogP contribution in [0.3, 0.4) is 0 Å². The highest BCUT2D eigenvalue weighted by molar-refractivity contribution is 5.92. The van der Waals surface area contributed by atoms with Crippen molar-refractivity contribution in [1.82, 2.24) is 4.98 Å². The van der Waals surface area contributed by atoms with Gasteiger partial charge in [0.05, 0.1) is 16.9 Å². The molecule has 0 bridgehead atoms. The van der Waals surface area contributed by atoms with Crippen LogP contribution in [-0.2, 0) is 4.79 Å². The molecule has 0 unspecified atom stereocenters. The average Bonchev–Trinajstić information content (AvgIpc) is 2.62. The fourth-order valence-electron chi connectivity index (χ4n) is 2.39. The van der Waals surface area contributed by atoms with Crippen molar-refractivity contribution in [3.63, 3.8) is 0 Å². The van der Waals surface area contributed by atoms with Crippen LogP contribution in [0, 0.1) is 17.5 Å². The quantitative estimate of drug-likeness (QED) is 0.685. The van der Waals surface area contributed by atoms with Gasteiger partial charge in [-0.15, -0.1) is 0 Å². The van der Waals surface area contributed by atoms with Crippen molar-refractivity contribution in [3.8, 4) is 0 Å². The highest BCUT2D eigenvalue weighted by Crippen LogP contribution is 2.21. The molecule has 0 atom stereocenters. The van der Waals surface area contributed by atoms with Gasteiger partial charge in [0, 0.05) is 24.5 Å². The summed E-state index contributed by atoms with van der Waals surface area (Å²) in [5.41, 5.74) is 1.15. The summed E-state index contributed by atoms with van der Waals surface area (Å²) in [4.78, 5) is 16.2. The van der Waals surface area contributed by atoms with Gasteiger partial charge in [0.2, 0.25) is 5.91 Å². The fourth-order valence-corrected chi connectivity index (χ4v) is 2.39. The molecule has 0 aliphatic rings. The van der Waals surface area contributed by atoms with Crippen molar-refractivity contribution in [1.29, 1.82) is 0 Å². The molecule has 0 radical (unpaired) electrons. The molecule has 1 heterocycles. The number of rotatable bonds is 5. The molecule has 4 nitrogen and oxygen atoms in total. The van der Waals surface area contributed by atoms with E-state index < -0.39 is 29.0 Å². The van der Waals surface area contributed by atoms with E-state index in [4.69, 9.17) is 0 Å². The lowest BCUT2D eigenvalue weighted by Crippen LogP contribution is -2.17. The lowest BCUT2D eigenvalue weighted by molar-refractivity contribution is -0.116. The van der Waals surface area contributed by atoms with Gasteiger partial charge in [0.1, 0.15) is 0 Å². The normalized spacial score (nSPS) is 10.7. The van der Waals surface area contributed by atoms with Crippen molar-refractivity contribution in [3.05, 3.63) is 66.1 Å². The number of nitrogens with one attached hydrogen (secondary N) is 2. The Morgan fingerprint density at radius 1 is 0.960 bits per heavy atom. The Balaban J connectivity index is 1.60. The molecule has 25 heavy (non-hydrogen) atoms. The molecule has 0 fully saturated rings. The Morgan fingerprint density at radius 2 is 1.76 bits per heavy atom. The average molecular weight is 345 g/mol. The second-order valence-electron chi connectivity index (χ2n) is 5.33. The molecular formula is C18H14F3N3O. The van der Waals surface area contributed by atoms with Crippen LogP contribution in [-0.4, -0.2) is 17.4 Å². The van der Waals surface area contributed by atoms with Crippen molar-refractivity contribution in [2.45, 2.75) is 6.42 Å². The predicted octanol–water partition coefficient (Wildman–Crippen LogP) is 4.09. The molecule has 0 aliphatic heterocycles. The van der Waals surface area contributed by atoms with E-state index in [1.54, 1.807) is 6.20 Å². The van der Waals surface area contributed by atoms with Gasteiger partial charge >= 0.3 is 0 Å². The number of hydrogen-bond donors (Lipinski definition) is 2. The van der Waals surface area contributed by atoms with Gasteiger partial charge < -0.3 is 10.6 Å². The smallest absolute Gasteiger partial charge is 0.226 e. The summed E-state index contributed by atoms with van der Waals surface area (Å²) in [6.45, 7) is 0.271. The van der Waals surface area contributed by atoms with Crippen molar-refractivity contribution >= 4 is 28.2 Å². The number of fused-ring (bicyclic) bond motifs is 1. The van der Waals surface area contributed by atoms with Crippen molar-refractivity contribution in [2.24, 2.45) is 0 Å². The fraction of sp³-hybridized carbons (Fsp3) is 0.111. The molecule has 7 heteroatoms. The zero-order valence-corrected chi connectivity index (χ0v) is 13.0. The van der Waals surface area contributed by atoms with Gasteiger partial charge in [0.15, 0.2) is 17.5 Å². The number of aromatic nitrogens is 1. The Bertz CT molecular complexity index is 925. The summed E-state index contributed by atoms with van der Waals surface area (Å²) in [5.74, 6) is -4.86. The molecule has 1 amide bonds. The molecule has 3 rings (SSSR count). The molecule has 0 saturated carbocycles. The maximum atomic E-state index is 13.5. The van der Waals surface area contributed by atoms with Crippen LogP contribution in [0.25, 0.3) is 10.9 Å². The molecule has 128 valence electrons. The van der Waals surface area contributed by atoms with Crippen LogP contribution >= 0.6 is 0 Å². The molecule has 0 spiro atoms. The van der Waals surface area contributed by atoms with Gasteiger partial charge in [-0.3, -0.25) is 9.78 Å². The first-order chi connectivity index (χ1) is 12.1. The largest absolute Gasteiger partial charge is 0.383 e. The number of anilines is 2. The number of halogens is 3. The Hall–Kier alpha value is -3.09. The summed E-state index contributed by atoms with van der Waals surface area (Å²) in [7, 11) is 0. The number of hydrogen-bond acceptors (Lipinski definition) is 3. The third-order valence-corrected chi connectivity index (χ3v) is 3.61. The van der Waals surface area contributed by atoms with Gasteiger partial charge in [-0.25, -0.2) is 13.2 Å². The molecule has 1 aromatic heterocycles. The molecule has 0 saturated heterocycles. The van der Waals surface area contributed by atoms with Crippen molar-refractivity contribution in [2.75, 3.05) is 17.2 Å². The third kappa shape index (κ3) is 3.71. The zero-order chi connectivity index (χ0) is 17.8. The van der Waals surface area contributed by atoms with Gasteiger partial charge in [-0.1, -0.05) is 18.2 Å². The first kappa shape index (κ1) is 16.8. The molecule has 2 N–H and O–H groups in total. The van der Waals surface area contributed by atoms with Crippen LogP contribution < -0.4 is 10.6 Å². The number of carbonyl (C=O) groups is 1. The maximum Gasteiger partial charge on any atom is 0.226 e. The molecular weight excluding hydrogens is 331 g/mol. The lowest BCUT2D eigenvalue weighted by Gasteiger charge is -2.10. The SMILES string of the molecule is O=C(CCNc1cccc2cccnc12)Nc1ccc(F)c(F)c1F. The highest BCUT2D eigenvalue weighted by Gasteiger charge is 2.15. The topological polar surface area (TPSA) is 54.0 Å². The summed E-state index contributed by atoms with van der Waals surface area (Å²) >= 11 is 0. The maximum absolute atomic E-state index is 13.5. The van der Waals surface area contributed by atoms with E-state index in [2.05, 4.69) is 15.6 Å². The van der Waals surface area contributed by atoms with E-state index in [-0.39, 0.29) is 13.0 Å². The van der Waals surface area contributed by atoms with Crippen LogP contribution in [0.1, 0.15) is 6.42 Å². The Kier molecular flexibility index (Phi) is 4.83. The van der Waals surface area contributed by atoms with Gasteiger partial charge in [0.25, 0.3) is 0 Å². The zero-order valence-electron chi connectivity index (χ0n) is 13.0. The van der Waals surface area contributed by atoms with Crippen LogP contribution in [0.4, 0.5) is 24.5 Å². The number of para-hydroxylation sites is 1. The van der Waals surface area contributed by atoms with Crippen molar-refractivity contribution < 1.29 is 18.0 Å². The summed E-state index contributed by atoms with van der Waals surface area (Å²) in [5, 5.41) is 6.27. The van der Waals surface area contributed by atoms with E-state index in [0.717, 1.165) is 28.7 Å². The minimum absolute atomic E-state index is 0.0155. The van der Waals surface area contributed by atoms with E-state index >= 15 is 0 Å². The molecule has 2 aromatic carbocycles. The predicted molar refractivity (Wildman–Crippen MR) is 89.8 cm³/mol. The Morgan fingerprint density at radius 3 is 2.60 bits per heavy atom. The summed E-state index contributed by atoms with van der Waals surface area (Å²) < 4.78 is 39.5. The monoisotopic (exact) mass is 345 g/mol. The standard InChI is InChI=1S/C18H14F3N3O/c19-12-6-7-13(17(21)16(12)20)24-15(25)8-10-22-14-5-1-3-11-4-2-9-23-18(11)14/h1-7,9,22H,8,10H2,(H,24,25). The van der Waals surface area contributed by atoms with E-state index in [1.807, 2.05) is 30.3 Å².